The molecule has 3 aromatic carbocycles. The van der Waals surface area contributed by atoms with Gasteiger partial charge in [-0.2, -0.15) is 0 Å². The Morgan fingerprint density at radius 3 is 2.49 bits per heavy atom. The number of aliphatic hydroxyl groups is 1. The lowest BCUT2D eigenvalue weighted by Gasteiger charge is -2.41. The molecule has 1 atom stereocenters. The van der Waals surface area contributed by atoms with E-state index >= 15 is 0 Å². The first kappa shape index (κ1) is 25.7. The van der Waals surface area contributed by atoms with Gasteiger partial charge in [0.2, 0.25) is 0 Å². The third kappa shape index (κ3) is 4.54. The molecule has 2 aliphatic heterocycles. The Bertz CT molecular complexity index is 1660. The molecule has 1 N–H and O–H groups in total. The second kappa shape index (κ2) is 9.89. The first-order chi connectivity index (χ1) is 18.8. The summed E-state index contributed by atoms with van der Waals surface area (Å²) < 4.78 is 42.9. The van der Waals surface area contributed by atoms with Gasteiger partial charge in [0.15, 0.2) is 21.3 Å². The minimum atomic E-state index is -3.24. The number of nitrogens with zero attached hydrogens (tertiary/aromatic N) is 2. The normalized spacial score (nSPS) is 16.9. The van der Waals surface area contributed by atoms with Gasteiger partial charge in [-0.3, -0.25) is 4.90 Å². The van der Waals surface area contributed by atoms with Crippen LogP contribution in [0.4, 0.5) is 0 Å². The highest BCUT2D eigenvalue weighted by atomic mass is 32.2. The number of aliphatic hydroxyl groups excluding tert-OH is 1. The van der Waals surface area contributed by atoms with Crippen molar-refractivity contribution in [1.29, 1.82) is 0 Å². The van der Waals surface area contributed by atoms with Gasteiger partial charge in [-0.1, -0.05) is 12.1 Å². The van der Waals surface area contributed by atoms with Gasteiger partial charge >= 0.3 is 0 Å². The van der Waals surface area contributed by atoms with Crippen molar-refractivity contribution in [2.24, 2.45) is 0 Å². The summed E-state index contributed by atoms with van der Waals surface area (Å²) in [6.07, 6.45) is 2.92. The van der Waals surface area contributed by atoms with Crippen LogP contribution in [0.15, 0.2) is 59.5 Å². The maximum absolute atomic E-state index is 11.8. The molecule has 4 aromatic rings. The van der Waals surface area contributed by atoms with E-state index in [9.17, 15) is 13.5 Å². The van der Waals surface area contributed by atoms with Crippen molar-refractivity contribution in [3.63, 3.8) is 0 Å². The molecule has 9 heteroatoms. The molecule has 3 heterocycles. The number of sulfone groups is 1. The van der Waals surface area contributed by atoms with Gasteiger partial charge in [-0.15, -0.1) is 0 Å². The Kier molecular flexibility index (Phi) is 6.53. The highest BCUT2D eigenvalue weighted by Crippen LogP contribution is 2.45. The highest BCUT2D eigenvalue weighted by molar-refractivity contribution is 7.90. The van der Waals surface area contributed by atoms with Gasteiger partial charge in [-0.05, 0) is 77.6 Å². The lowest BCUT2D eigenvalue weighted by molar-refractivity contribution is 0.145. The van der Waals surface area contributed by atoms with Crippen LogP contribution < -0.4 is 14.2 Å². The molecule has 1 aromatic heterocycles. The van der Waals surface area contributed by atoms with Crippen molar-refractivity contribution in [2.75, 3.05) is 27.0 Å². The second-order valence-electron chi connectivity index (χ2n) is 10.2. The largest absolute Gasteiger partial charge is 0.497 e. The van der Waals surface area contributed by atoms with Gasteiger partial charge in [0.05, 0.1) is 24.6 Å². The van der Waals surface area contributed by atoms with E-state index in [4.69, 9.17) is 14.2 Å². The van der Waals surface area contributed by atoms with E-state index in [1.165, 1.54) is 22.9 Å². The third-order valence-electron chi connectivity index (χ3n) is 8.02. The average Bonchev–Trinajstić information content (AvgIpc) is 3.25. The SMILES string of the molecule is COc1ccc2c(c1)c1c(n2CO)CN2CCc3cc(OCc4ccc(S(C)(=O)=O)cc4)c(OC)cc3C2C1. The van der Waals surface area contributed by atoms with Crippen LogP contribution in [0.3, 0.4) is 0 Å². The summed E-state index contributed by atoms with van der Waals surface area (Å²) in [6.45, 7) is 1.92. The fraction of sp³-hybridized carbons (Fsp3) is 0.333. The van der Waals surface area contributed by atoms with E-state index in [2.05, 4.69) is 23.1 Å². The van der Waals surface area contributed by atoms with Crippen molar-refractivity contribution < 1.29 is 27.7 Å². The predicted octanol–water partition coefficient (Wildman–Crippen LogP) is 4.25. The molecule has 6 rings (SSSR count). The van der Waals surface area contributed by atoms with Crippen molar-refractivity contribution in [3.8, 4) is 17.2 Å². The highest BCUT2D eigenvalue weighted by Gasteiger charge is 2.36. The molecule has 0 saturated heterocycles. The molecule has 0 bridgehead atoms. The number of hydrogen-bond acceptors (Lipinski definition) is 7. The first-order valence-electron chi connectivity index (χ1n) is 13.0. The van der Waals surface area contributed by atoms with Crippen LogP contribution in [-0.4, -0.2) is 50.0 Å². The van der Waals surface area contributed by atoms with Crippen LogP contribution in [0, 0.1) is 0 Å². The number of hydrogen-bond donors (Lipinski definition) is 1. The lowest BCUT2D eigenvalue weighted by Crippen LogP contribution is -2.39. The quantitative estimate of drug-likeness (QED) is 0.369. The molecule has 0 amide bonds. The lowest BCUT2D eigenvalue weighted by atomic mass is 9.85. The molecule has 8 nitrogen and oxygen atoms in total. The first-order valence-corrected chi connectivity index (χ1v) is 14.9. The van der Waals surface area contributed by atoms with E-state index in [0.717, 1.165) is 53.8 Å². The Morgan fingerprint density at radius 2 is 1.79 bits per heavy atom. The van der Waals surface area contributed by atoms with Crippen LogP contribution in [0.2, 0.25) is 0 Å². The summed E-state index contributed by atoms with van der Waals surface area (Å²) >= 11 is 0. The number of benzene rings is 3. The fourth-order valence-corrected chi connectivity index (χ4v) is 6.62. The molecule has 0 fully saturated rings. The maximum Gasteiger partial charge on any atom is 0.175 e. The monoisotopic (exact) mass is 548 g/mol. The molecule has 0 spiro atoms. The molecule has 1 unspecified atom stereocenters. The van der Waals surface area contributed by atoms with Gasteiger partial charge < -0.3 is 23.9 Å². The van der Waals surface area contributed by atoms with E-state index in [0.29, 0.717) is 23.0 Å². The van der Waals surface area contributed by atoms with E-state index in [1.54, 1.807) is 38.5 Å². The zero-order valence-electron chi connectivity index (χ0n) is 22.3. The van der Waals surface area contributed by atoms with Crippen LogP contribution in [0.1, 0.15) is 34.0 Å². The number of rotatable bonds is 7. The average molecular weight is 549 g/mol. The molecular formula is C30H32N2O6S. The van der Waals surface area contributed by atoms with Gasteiger partial charge in [0.1, 0.15) is 19.1 Å². The van der Waals surface area contributed by atoms with E-state index in [1.807, 2.05) is 16.7 Å². The summed E-state index contributed by atoms with van der Waals surface area (Å²) in [5.41, 5.74) is 6.80. The van der Waals surface area contributed by atoms with Gasteiger partial charge in [-0.25, -0.2) is 8.42 Å². The Labute approximate surface area is 228 Å². The maximum atomic E-state index is 11.8. The van der Waals surface area contributed by atoms with Crippen LogP contribution in [-0.2, 0) is 42.6 Å². The molecule has 2 aliphatic rings. The zero-order valence-corrected chi connectivity index (χ0v) is 23.1. The minimum absolute atomic E-state index is 0.0568. The van der Waals surface area contributed by atoms with E-state index in [-0.39, 0.29) is 12.8 Å². The smallest absolute Gasteiger partial charge is 0.175 e. The standard InChI is InChI=1S/C30H32N2O6S/c1-36-21-6-9-26-24(13-21)25-14-27-23-15-29(37-2)30(38-17-19-4-7-22(8-5-19)39(3,34)35)12-20(23)10-11-31(27)16-28(25)32(26)18-33/h4-9,12-13,15,27,33H,10-11,14,16-18H2,1-3H3. The van der Waals surface area contributed by atoms with Crippen molar-refractivity contribution in [3.05, 3.63) is 82.5 Å². The number of methoxy groups -OCH3 is 2. The second-order valence-corrected chi connectivity index (χ2v) is 12.2. The van der Waals surface area contributed by atoms with Crippen molar-refractivity contribution in [1.82, 2.24) is 9.47 Å². The topological polar surface area (TPSA) is 90.2 Å². The van der Waals surface area contributed by atoms with Crippen LogP contribution in [0.5, 0.6) is 17.2 Å². The molecule has 0 aliphatic carbocycles. The molecule has 204 valence electrons. The summed E-state index contributed by atoms with van der Waals surface area (Å²) in [7, 11) is 0.0850. The summed E-state index contributed by atoms with van der Waals surface area (Å²) in [5, 5.41) is 11.3. The van der Waals surface area contributed by atoms with Crippen molar-refractivity contribution >= 4 is 20.7 Å². The number of ether oxygens (including phenoxy) is 3. The Balaban J connectivity index is 1.30. The molecule has 0 saturated carbocycles. The number of aromatic nitrogens is 1. The van der Waals surface area contributed by atoms with Crippen molar-refractivity contribution in [2.45, 2.75) is 43.7 Å². The molecule has 39 heavy (non-hydrogen) atoms. The zero-order chi connectivity index (χ0) is 27.3. The van der Waals surface area contributed by atoms with Gasteiger partial charge in [0, 0.05) is 36.5 Å². The summed E-state index contributed by atoms with van der Waals surface area (Å²) in [6, 6.07) is 17.2. The summed E-state index contributed by atoms with van der Waals surface area (Å²) in [5.74, 6) is 2.16. The van der Waals surface area contributed by atoms with E-state index < -0.39 is 9.84 Å². The predicted molar refractivity (Wildman–Crippen MR) is 148 cm³/mol. The molecular weight excluding hydrogens is 516 g/mol. The minimum Gasteiger partial charge on any atom is -0.497 e. The molecule has 0 radical (unpaired) electrons. The van der Waals surface area contributed by atoms with Crippen LogP contribution >= 0.6 is 0 Å². The fourth-order valence-electron chi connectivity index (χ4n) is 5.99. The summed E-state index contributed by atoms with van der Waals surface area (Å²) in [4.78, 5) is 2.77. The van der Waals surface area contributed by atoms with Crippen LogP contribution in [0.25, 0.3) is 10.9 Å². The third-order valence-corrected chi connectivity index (χ3v) is 9.15. The Hall–Kier alpha value is -3.53. The van der Waals surface area contributed by atoms with Gasteiger partial charge in [0.25, 0.3) is 0 Å². The Morgan fingerprint density at radius 1 is 1.00 bits per heavy atom. The number of fused-ring (bicyclic) bond motifs is 6.